The molecule has 0 bridgehead atoms. The molecule has 0 radical (unpaired) electrons. The van der Waals surface area contributed by atoms with Crippen molar-refractivity contribution in [2.75, 3.05) is 7.11 Å². The topological polar surface area (TPSA) is 88.7 Å². The summed E-state index contributed by atoms with van der Waals surface area (Å²) >= 11 is 0. The molecule has 1 aliphatic carbocycles. The van der Waals surface area contributed by atoms with Gasteiger partial charge in [-0.25, -0.2) is 10.2 Å². The monoisotopic (exact) mass is 371 g/mol. The Hall–Kier alpha value is -2.96. The molecule has 1 heterocycles. The molecule has 2 amide bonds. The van der Waals surface area contributed by atoms with Gasteiger partial charge in [0.2, 0.25) is 0 Å². The van der Waals surface area contributed by atoms with Crippen LogP contribution in [0.2, 0.25) is 0 Å². The summed E-state index contributed by atoms with van der Waals surface area (Å²) in [6.07, 6.45) is 8.71. The first-order chi connectivity index (χ1) is 13.1. The van der Waals surface area contributed by atoms with E-state index in [2.05, 4.69) is 16.2 Å². The highest BCUT2D eigenvalue weighted by atomic mass is 16.6. The minimum absolute atomic E-state index is 0.120. The van der Waals surface area contributed by atoms with Crippen molar-refractivity contribution in [2.24, 2.45) is 5.92 Å². The first-order valence-electron chi connectivity index (χ1n) is 9.13. The second kappa shape index (κ2) is 8.62. The summed E-state index contributed by atoms with van der Waals surface area (Å²) in [4.78, 5) is 24.9. The summed E-state index contributed by atoms with van der Waals surface area (Å²) in [6, 6.07) is 9.34. The molecule has 0 aromatic heterocycles. The fraction of sp³-hybridized carbons (Fsp3) is 0.400. The molecule has 1 aromatic carbocycles. The minimum atomic E-state index is -0.955. The second-order valence-electron chi connectivity index (χ2n) is 6.71. The number of hydrogen-bond acceptors (Lipinski definition) is 5. The SMILES string of the molecule is COC1=CC=CC(C(=O)NNC(=O)OCc2ccccc2)(C2CCCC2)N1. The third kappa shape index (κ3) is 4.42. The largest absolute Gasteiger partial charge is 0.482 e. The highest BCUT2D eigenvalue weighted by molar-refractivity contribution is 5.90. The van der Waals surface area contributed by atoms with E-state index in [1.807, 2.05) is 36.4 Å². The number of rotatable bonds is 5. The lowest BCUT2D eigenvalue weighted by atomic mass is 9.80. The number of methoxy groups -OCH3 is 1. The summed E-state index contributed by atoms with van der Waals surface area (Å²) in [7, 11) is 1.55. The molecule has 7 nitrogen and oxygen atoms in total. The lowest BCUT2D eigenvalue weighted by molar-refractivity contribution is -0.128. The van der Waals surface area contributed by atoms with Crippen molar-refractivity contribution < 1.29 is 19.1 Å². The predicted octanol–water partition coefficient (Wildman–Crippen LogP) is 2.52. The molecule has 1 aromatic rings. The maximum absolute atomic E-state index is 13.0. The Balaban J connectivity index is 1.59. The standard InChI is InChI=1S/C20H25N3O4/c1-26-17-12-7-13-20(21-17,16-10-5-6-11-16)18(24)22-23-19(25)27-14-15-8-3-2-4-9-15/h2-4,7-9,12-13,16,21H,5-6,10-11,14H2,1H3,(H,22,24)(H,23,25). The smallest absolute Gasteiger partial charge is 0.426 e. The maximum atomic E-state index is 13.0. The number of hydrogen-bond donors (Lipinski definition) is 3. The van der Waals surface area contributed by atoms with Gasteiger partial charge in [-0.2, -0.15) is 0 Å². The Morgan fingerprint density at radius 3 is 2.63 bits per heavy atom. The molecule has 1 aliphatic heterocycles. The van der Waals surface area contributed by atoms with E-state index in [-0.39, 0.29) is 18.4 Å². The van der Waals surface area contributed by atoms with Crippen molar-refractivity contribution >= 4 is 12.0 Å². The van der Waals surface area contributed by atoms with E-state index in [4.69, 9.17) is 9.47 Å². The van der Waals surface area contributed by atoms with Crippen LogP contribution in [0.1, 0.15) is 31.2 Å². The first-order valence-corrected chi connectivity index (χ1v) is 9.13. The van der Waals surface area contributed by atoms with Crippen LogP contribution in [0.15, 0.2) is 54.4 Å². The molecule has 1 atom stereocenters. The molecular formula is C20H25N3O4. The van der Waals surface area contributed by atoms with Gasteiger partial charge in [0.1, 0.15) is 12.1 Å². The van der Waals surface area contributed by atoms with Crippen LogP contribution in [0.5, 0.6) is 0 Å². The Labute approximate surface area is 158 Å². The van der Waals surface area contributed by atoms with Gasteiger partial charge in [0, 0.05) is 0 Å². The molecule has 1 saturated carbocycles. The molecule has 7 heteroatoms. The fourth-order valence-electron chi connectivity index (χ4n) is 3.60. The van der Waals surface area contributed by atoms with Crippen LogP contribution in [-0.4, -0.2) is 24.6 Å². The van der Waals surface area contributed by atoms with Crippen molar-refractivity contribution in [3.05, 3.63) is 60.0 Å². The molecule has 0 spiro atoms. The maximum Gasteiger partial charge on any atom is 0.426 e. The van der Waals surface area contributed by atoms with Crippen LogP contribution in [0, 0.1) is 5.92 Å². The molecule has 1 fully saturated rings. The summed E-state index contributed by atoms with van der Waals surface area (Å²) in [5, 5.41) is 3.19. The highest BCUT2D eigenvalue weighted by Crippen LogP contribution is 2.37. The second-order valence-corrected chi connectivity index (χ2v) is 6.71. The van der Waals surface area contributed by atoms with Gasteiger partial charge in [-0.3, -0.25) is 10.2 Å². The van der Waals surface area contributed by atoms with E-state index < -0.39 is 11.6 Å². The van der Waals surface area contributed by atoms with Crippen LogP contribution in [0.3, 0.4) is 0 Å². The number of ether oxygens (including phenoxy) is 2. The number of dihydropyridines is 1. The van der Waals surface area contributed by atoms with E-state index in [9.17, 15) is 9.59 Å². The fourth-order valence-corrected chi connectivity index (χ4v) is 3.60. The normalized spacial score (nSPS) is 21.7. The van der Waals surface area contributed by atoms with Crippen LogP contribution in [0.25, 0.3) is 0 Å². The number of hydrazine groups is 1. The van der Waals surface area contributed by atoms with Gasteiger partial charge in [-0.15, -0.1) is 0 Å². The number of amides is 2. The van der Waals surface area contributed by atoms with Gasteiger partial charge < -0.3 is 14.8 Å². The third-order valence-corrected chi connectivity index (χ3v) is 5.02. The average molecular weight is 371 g/mol. The van der Waals surface area contributed by atoms with E-state index in [0.29, 0.717) is 5.88 Å². The molecule has 3 N–H and O–H groups in total. The molecule has 0 saturated heterocycles. The molecule has 27 heavy (non-hydrogen) atoms. The lowest BCUT2D eigenvalue weighted by Gasteiger charge is -2.38. The molecule has 2 aliphatic rings. The van der Waals surface area contributed by atoms with Crippen LogP contribution < -0.4 is 16.2 Å². The quantitative estimate of drug-likeness (QED) is 0.692. The van der Waals surface area contributed by atoms with Crippen molar-refractivity contribution in [1.82, 2.24) is 16.2 Å². The van der Waals surface area contributed by atoms with Gasteiger partial charge in [-0.05, 0) is 36.5 Å². The van der Waals surface area contributed by atoms with Gasteiger partial charge in [0.25, 0.3) is 5.91 Å². The van der Waals surface area contributed by atoms with Crippen molar-refractivity contribution in [3.8, 4) is 0 Å². The Bertz CT molecular complexity index is 726. The number of benzene rings is 1. The summed E-state index contributed by atoms with van der Waals surface area (Å²) in [6.45, 7) is 0.130. The van der Waals surface area contributed by atoms with E-state index in [1.165, 1.54) is 0 Å². The number of nitrogens with one attached hydrogen (secondary N) is 3. The van der Waals surface area contributed by atoms with Crippen LogP contribution >= 0.6 is 0 Å². The van der Waals surface area contributed by atoms with Gasteiger partial charge >= 0.3 is 6.09 Å². The summed E-state index contributed by atoms with van der Waals surface area (Å²) in [5.41, 5.74) is 4.74. The lowest BCUT2D eigenvalue weighted by Crippen LogP contribution is -2.63. The van der Waals surface area contributed by atoms with Crippen molar-refractivity contribution in [2.45, 2.75) is 37.8 Å². The van der Waals surface area contributed by atoms with Gasteiger partial charge in [0.05, 0.1) is 7.11 Å². The van der Waals surface area contributed by atoms with Gasteiger partial charge in [0.15, 0.2) is 5.88 Å². The number of allylic oxidation sites excluding steroid dienone is 2. The van der Waals surface area contributed by atoms with E-state index >= 15 is 0 Å². The number of carbonyl (C=O) groups excluding carboxylic acids is 2. The van der Waals surface area contributed by atoms with Gasteiger partial charge in [-0.1, -0.05) is 49.2 Å². The summed E-state index contributed by atoms with van der Waals surface area (Å²) < 4.78 is 10.4. The molecule has 3 rings (SSSR count). The number of carbonyl (C=O) groups is 2. The minimum Gasteiger partial charge on any atom is -0.482 e. The van der Waals surface area contributed by atoms with Crippen molar-refractivity contribution in [1.29, 1.82) is 0 Å². The van der Waals surface area contributed by atoms with Crippen LogP contribution in [0.4, 0.5) is 4.79 Å². The van der Waals surface area contributed by atoms with Crippen LogP contribution in [-0.2, 0) is 20.9 Å². The Morgan fingerprint density at radius 1 is 1.19 bits per heavy atom. The van der Waals surface area contributed by atoms with E-state index in [1.54, 1.807) is 19.3 Å². The molecular weight excluding hydrogens is 346 g/mol. The Morgan fingerprint density at radius 2 is 1.93 bits per heavy atom. The van der Waals surface area contributed by atoms with Crippen molar-refractivity contribution in [3.63, 3.8) is 0 Å². The summed E-state index contributed by atoms with van der Waals surface area (Å²) in [5.74, 6) is 0.297. The average Bonchev–Trinajstić information content (AvgIpc) is 3.26. The zero-order valence-electron chi connectivity index (χ0n) is 15.4. The molecule has 1 unspecified atom stereocenters. The third-order valence-electron chi connectivity index (χ3n) is 5.02. The highest BCUT2D eigenvalue weighted by Gasteiger charge is 2.46. The first kappa shape index (κ1) is 18.8. The Kier molecular flexibility index (Phi) is 6.01. The predicted molar refractivity (Wildman–Crippen MR) is 100.0 cm³/mol. The zero-order chi connectivity index (χ0) is 19.1. The zero-order valence-corrected chi connectivity index (χ0v) is 15.4. The molecule has 144 valence electrons. The van der Waals surface area contributed by atoms with E-state index in [0.717, 1.165) is 31.2 Å².